The molecule has 0 unspecified atom stereocenters. The van der Waals surface area contributed by atoms with Crippen LogP contribution in [0.4, 0.5) is 15.9 Å². The standard InChI is InChI=1S/C12H11BrFN3/c1-2-11-16-10(13)7-12(17-11)15-9-5-3-4-8(14)6-9/h3-7H,2H2,1H3,(H,15,16,17). The maximum Gasteiger partial charge on any atom is 0.135 e. The van der Waals surface area contributed by atoms with Gasteiger partial charge >= 0.3 is 0 Å². The minimum absolute atomic E-state index is 0.279. The van der Waals surface area contributed by atoms with Crippen LogP contribution in [-0.2, 0) is 6.42 Å². The molecule has 88 valence electrons. The van der Waals surface area contributed by atoms with Gasteiger partial charge in [0, 0.05) is 18.2 Å². The second-order valence-corrected chi connectivity index (χ2v) is 4.29. The molecule has 3 nitrogen and oxygen atoms in total. The summed E-state index contributed by atoms with van der Waals surface area (Å²) in [6, 6.07) is 8.00. The van der Waals surface area contributed by atoms with Crippen molar-refractivity contribution in [3.05, 3.63) is 46.6 Å². The van der Waals surface area contributed by atoms with E-state index in [1.807, 2.05) is 6.92 Å². The van der Waals surface area contributed by atoms with E-state index >= 15 is 0 Å². The molecule has 0 saturated carbocycles. The van der Waals surface area contributed by atoms with Crippen LogP contribution in [0.5, 0.6) is 0 Å². The van der Waals surface area contributed by atoms with Gasteiger partial charge in [-0.2, -0.15) is 0 Å². The van der Waals surface area contributed by atoms with Gasteiger partial charge in [0.1, 0.15) is 22.1 Å². The highest BCUT2D eigenvalue weighted by atomic mass is 79.9. The van der Waals surface area contributed by atoms with Crippen molar-refractivity contribution in [1.29, 1.82) is 0 Å². The van der Waals surface area contributed by atoms with Gasteiger partial charge in [-0.15, -0.1) is 0 Å². The van der Waals surface area contributed by atoms with Crippen LogP contribution in [0.2, 0.25) is 0 Å². The number of rotatable bonds is 3. The fraction of sp³-hybridized carbons (Fsp3) is 0.167. The van der Waals surface area contributed by atoms with E-state index in [-0.39, 0.29) is 5.82 Å². The summed E-state index contributed by atoms with van der Waals surface area (Å²) in [4.78, 5) is 8.51. The van der Waals surface area contributed by atoms with E-state index in [0.29, 0.717) is 16.1 Å². The first-order valence-electron chi connectivity index (χ1n) is 5.23. The Labute approximate surface area is 107 Å². The van der Waals surface area contributed by atoms with Crippen molar-refractivity contribution in [1.82, 2.24) is 9.97 Å². The van der Waals surface area contributed by atoms with Gasteiger partial charge in [-0.05, 0) is 34.1 Å². The van der Waals surface area contributed by atoms with Crippen molar-refractivity contribution in [3.8, 4) is 0 Å². The lowest BCUT2D eigenvalue weighted by molar-refractivity contribution is 0.628. The Morgan fingerprint density at radius 1 is 1.29 bits per heavy atom. The Balaban J connectivity index is 2.26. The van der Waals surface area contributed by atoms with Crippen molar-refractivity contribution in [3.63, 3.8) is 0 Å². The number of nitrogens with one attached hydrogen (secondary N) is 1. The van der Waals surface area contributed by atoms with Crippen molar-refractivity contribution in [2.75, 3.05) is 5.32 Å². The van der Waals surface area contributed by atoms with Crippen molar-refractivity contribution in [2.24, 2.45) is 0 Å². The highest BCUT2D eigenvalue weighted by molar-refractivity contribution is 9.10. The van der Waals surface area contributed by atoms with Crippen LogP contribution < -0.4 is 5.32 Å². The second kappa shape index (κ2) is 5.23. The lowest BCUT2D eigenvalue weighted by Gasteiger charge is -2.07. The van der Waals surface area contributed by atoms with E-state index in [1.54, 1.807) is 18.2 Å². The van der Waals surface area contributed by atoms with E-state index in [9.17, 15) is 4.39 Å². The van der Waals surface area contributed by atoms with Gasteiger partial charge in [0.2, 0.25) is 0 Å². The van der Waals surface area contributed by atoms with Gasteiger partial charge < -0.3 is 5.32 Å². The van der Waals surface area contributed by atoms with E-state index in [4.69, 9.17) is 0 Å². The molecule has 0 atom stereocenters. The topological polar surface area (TPSA) is 37.8 Å². The zero-order valence-electron chi connectivity index (χ0n) is 9.24. The highest BCUT2D eigenvalue weighted by Gasteiger charge is 2.02. The van der Waals surface area contributed by atoms with Gasteiger partial charge in [-0.1, -0.05) is 13.0 Å². The normalized spacial score (nSPS) is 10.3. The van der Waals surface area contributed by atoms with Gasteiger partial charge in [0.05, 0.1) is 0 Å². The number of aryl methyl sites for hydroxylation is 1. The summed E-state index contributed by atoms with van der Waals surface area (Å²) in [5, 5.41) is 3.04. The summed E-state index contributed by atoms with van der Waals surface area (Å²) in [5.74, 6) is 1.10. The molecular weight excluding hydrogens is 285 g/mol. The minimum Gasteiger partial charge on any atom is -0.340 e. The number of hydrogen-bond donors (Lipinski definition) is 1. The van der Waals surface area contributed by atoms with E-state index < -0.39 is 0 Å². The summed E-state index contributed by atoms with van der Waals surface area (Å²) in [7, 11) is 0. The van der Waals surface area contributed by atoms with Gasteiger partial charge in [0.15, 0.2) is 0 Å². The summed E-state index contributed by atoms with van der Waals surface area (Å²) in [5.41, 5.74) is 0.664. The molecule has 0 saturated heterocycles. The summed E-state index contributed by atoms with van der Waals surface area (Å²) in [6.07, 6.45) is 0.747. The van der Waals surface area contributed by atoms with Crippen LogP contribution in [0.3, 0.4) is 0 Å². The average molecular weight is 296 g/mol. The third-order valence-corrected chi connectivity index (χ3v) is 2.56. The first-order chi connectivity index (χ1) is 8.17. The van der Waals surface area contributed by atoms with Crippen LogP contribution in [0.25, 0.3) is 0 Å². The quantitative estimate of drug-likeness (QED) is 0.878. The van der Waals surface area contributed by atoms with Gasteiger partial charge in [-0.3, -0.25) is 0 Å². The summed E-state index contributed by atoms with van der Waals surface area (Å²) in [6.45, 7) is 1.98. The Bertz CT molecular complexity index is 531. The highest BCUT2D eigenvalue weighted by Crippen LogP contribution is 2.18. The Morgan fingerprint density at radius 2 is 2.12 bits per heavy atom. The fourth-order valence-corrected chi connectivity index (χ4v) is 1.82. The number of anilines is 2. The lowest BCUT2D eigenvalue weighted by Crippen LogP contribution is -1.99. The maximum absolute atomic E-state index is 13.0. The maximum atomic E-state index is 13.0. The average Bonchev–Trinajstić information content (AvgIpc) is 2.28. The molecule has 17 heavy (non-hydrogen) atoms. The largest absolute Gasteiger partial charge is 0.340 e. The molecular formula is C12H11BrFN3. The molecule has 0 aliphatic carbocycles. The molecule has 0 aliphatic rings. The lowest BCUT2D eigenvalue weighted by atomic mass is 10.3. The molecule has 1 aromatic heterocycles. The Morgan fingerprint density at radius 3 is 2.82 bits per heavy atom. The molecule has 2 aromatic rings. The number of hydrogen-bond acceptors (Lipinski definition) is 3. The number of aromatic nitrogens is 2. The molecule has 5 heteroatoms. The van der Waals surface area contributed by atoms with Crippen LogP contribution in [0, 0.1) is 5.82 Å². The molecule has 2 rings (SSSR count). The molecule has 1 N–H and O–H groups in total. The third-order valence-electron chi connectivity index (χ3n) is 2.15. The predicted molar refractivity (Wildman–Crippen MR) is 68.8 cm³/mol. The van der Waals surface area contributed by atoms with Crippen LogP contribution in [0.1, 0.15) is 12.7 Å². The summed E-state index contributed by atoms with van der Waals surface area (Å²) < 4.78 is 13.7. The van der Waals surface area contributed by atoms with E-state index in [1.165, 1.54) is 12.1 Å². The molecule has 0 radical (unpaired) electrons. The fourth-order valence-electron chi connectivity index (χ4n) is 1.40. The van der Waals surface area contributed by atoms with Crippen LogP contribution in [-0.4, -0.2) is 9.97 Å². The number of benzene rings is 1. The Hall–Kier alpha value is -1.49. The van der Waals surface area contributed by atoms with Crippen LogP contribution >= 0.6 is 15.9 Å². The van der Waals surface area contributed by atoms with E-state index in [0.717, 1.165) is 12.2 Å². The van der Waals surface area contributed by atoms with Gasteiger partial charge in [0.25, 0.3) is 0 Å². The van der Waals surface area contributed by atoms with Crippen LogP contribution in [0.15, 0.2) is 34.9 Å². The molecule has 0 fully saturated rings. The number of halogens is 2. The monoisotopic (exact) mass is 295 g/mol. The zero-order chi connectivity index (χ0) is 12.3. The molecule has 0 aliphatic heterocycles. The number of nitrogens with zero attached hydrogens (tertiary/aromatic N) is 2. The zero-order valence-corrected chi connectivity index (χ0v) is 10.8. The van der Waals surface area contributed by atoms with Gasteiger partial charge in [-0.25, -0.2) is 14.4 Å². The third kappa shape index (κ3) is 3.23. The first-order valence-corrected chi connectivity index (χ1v) is 6.02. The molecule has 1 aromatic carbocycles. The van der Waals surface area contributed by atoms with Crippen molar-refractivity contribution in [2.45, 2.75) is 13.3 Å². The SMILES string of the molecule is CCc1nc(Br)cc(Nc2cccc(F)c2)n1. The first kappa shape index (κ1) is 12.0. The predicted octanol–water partition coefficient (Wildman–Crippen LogP) is 3.68. The molecule has 0 spiro atoms. The smallest absolute Gasteiger partial charge is 0.135 e. The van der Waals surface area contributed by atoms with Crippen molar-refractivity contribution >= 4 is 27.4 Å². The second-order valence-electron chi connectivity index (χ2n) is 3.48. The molecule has 0 bridgehead atoms. The minimum atomic E-state index is -0.279. The van der Waals surface area contributed by atoms with Crippen molar-refractivity contribution < 1.29 is 4.39 Å². The van der Waals surface area contributed by atoms with E-state index in [2.05, 4.69) is 31.2 Å². The summed E-state index contributed by atoms with van der Waals surface area (Å²) >= 11 is 3.32. The molecule has 1 heterocycles. The molecule has 0 amide bonds. The Kier molecular flexibility index (Phi) is 3.68.